The van der Waals surface area contributed by atoms with E-state index in [1.54, 1.807) is 0 Å². The smallest absolute Gasteiger partial charge is 0.0843 e. The van der Waals surface area contributed by atoms with Gasteiger partial charge in [-0.1, -0.05) is 44.8 Å². The molecule has 3 heteroatoms. The molecule has 1 heterocycles. The third-order valence-corrected chi connectivity index (χ3v) is 9.22. The topological polar surface area (TPSA) is 12.5 Å². The van der Waals surface area contributed by atoms with Crippen molar-refractivity contribution in [2.24, 2.45) is 5.92 Å². The summed E-state index contributed by atoms with van der Waals surface area (Å²) in [5.41, 5.74) is 0. The Kier molecular flexibility index (Phi) is 4.01. The highest BCUT2D eigenvalue weighted by molar-refractivity contribution is 8.01. The Morgan fingerprint density at radius 1 is 1.24 bits per heavy atom. The lowest BCUT2D eigenvalue weighted by molar-refractivity contribution is 0.350. The number of hydrogen-bond acceptors (Lipinski definition) is 2. The van der Waals surface area contributed by atoms with Gasteiger partial charge in [-0.25, -0.2) is 0 Å². The van der Waals surface area contributed by atoms with Gasteiger partial charge in [-0.2, -0.15) is 0 Å². The van der Waals surface area contributed by atoms with Crippen LogP contribution in [0.4, 0.5) is 0 Å². The average molecular weight is 266 g/mol. The Bertz CT molecular complexity index is 356. The van der Waals surface area contributed by atoms with Crippen LogP contribution in [0.25, 0.3) is 0 Å². The molecule has 0 aromatic heterocycles. The highest BCUT2D eigenvalue weighted by Crippen LogP contribution is 2.38. The second-order valence-electron chi connectivity index (χ2n) is 5.95. The van der Waals surface area contributed by atoms with Crippen molar-refractivity contribution < 1.29 is 4.74 Å². The quantitative estimate of drug-likeness (QED) is 0.453. The van der Waals surface area contributed by atoms with Crippen LogP contribution in [0.3, 0.4) is 0 Å². The molecule has 0 amide bonds. The molecule has 2 rings (SSSR count). The molecule has 1 aliphatic rings. The van der Waals surface area contributed by atoms with Crippen molar-refractivity contribution >= 4 is 19.8 Å². The summed E-state index contributed by atoms with van der Waals surface area (Å²) in [7, 11) is -1.17. The van der Waals surface area contributed by atoms with E-state index >= 15 is 0 Å². The molecule has 17 heavy (non-hydrogen) atoms. The summed E-state index contributed by atoms with van der Waals surface area (Å²) < 4.78 is 5.49. The van der Waals surface area contributed by atoms with Gasteiger partial charge in [-0.05, 0) is 18.1 Å². The van der Waals surface area contributed by atoms with Gasteiger partial charge in [0, 0.05) is 9.77 Å². The normalized spacial score (nSPS) is 23.2. The van der Waals surface area contributed by atoms with Crippen LogP contribution in [0.15, 0.2) is 35.2 Å². The molecule has 0 bridgehead atoms. The Hall–Kier alpha value is -0.253. The Balaban J connectivity index is 2.10. The second-order valence-corrected chi connectivity index (χ2v) is 12.9. The van der Waals surface area contributed by atoms with Crippen LogP contribution < -0.4 is 0 Å². The lowest BCUT2D eigenvalue weighted by Gasteiger charge is -2.33. The van der Waals surface area contributed by atoms with Crippen LogP contribution in [0, 0.1) is 5.92 Å². The van der Waals surface area contributed by atoms with E-state index < -0.39 is 8.07 Å². The number of epoxide rings is 1. The average Bonchev–Trinajstić information content (AvgIpc) is 3.08. The first-order chi connectivity index (χ1) is 7.98. The molecule has 0 unspecified atom stereocenters. The van der Waals surface area contributed by atoms with Crippen LogP contribution in [-0.4, -0.2) is 25.7 Å². The highest BCUT2D eigenvalue weighted by atomic mass is 32.2. The van der Waals surface area contributed by atoms with Crippen molar-refractivity contribution in [3.8, 4) is 0 Å². The standard InChI is InChI=1S/C14H22OSSi/c1-11(13-10-15-13)14(17(2,3)4)16-12-8-6-5-7-9-12/h5-9,11,13-14H,10H2,1-4H3/t11-,13-,14-/m1/s1. The van der Waals surface area contributed by atoms with Gasteiger partial charge in [0.1, 0.15) is 0 Å². The van der Waals surface area contributed by atoms with Gasteiger partial charge in [-0.3, -0.25) is 0 Å². The van der Waals surface area contributed by atoms with Crippen molar-refractivity contribution in [3.05, 3.63) is 30.3 Å². The van der Waals surface area contributed by atoms with Crippen molar-refractivity contribution in [1.29, 1.82) is 0 Å². The van der Waals surface area contributed by atoms with Gasteiger partial charge >= 0.3 is 0 Å². The molecule has 3 atom stereocenters. The lowest BCUT2D eigenvalue weighted by atomic mass is 10.1. The summed E-state index contributed by atoms with van der Waals surface area (Å²) in [6, 6.07) is 10.8. The maximum atomic E-state index is 5.49. The SMILES string of the molecule is C[C@H]([C@H]1CO1)[C@H](Sc1ccccc1)[Si](C)(C)C. The van der Waals surface area contributed by atoms with E-state index in [1.807, 2.05) is 0 Å². The molecule has 0 N–H and O–H groups in total. The van der Waals surface area contributed by atoms with Crippen molar-refractivity contribution in [1.82, 2.24) is 0 Å². The molecule has 0 aliphatic carbocycles. The zero-order valence-corrected chi connectivity index (χ0v) is 13.0. The molecular formula is C14H22OSSi. The van der Waals surface area contributed by atoms with E-state index in [0.29, 0.717) is 12.0 Å². The predicted octanol–water partition coefficient (Wildman–Crippen LogP) is 4.06. The summed E-state index contributed by atoms with van der Waals surface area (Å²) in [4.78, 5) is 2.13. The summed E-state index contributed by atoms with van der Waals surface area (Å²) in [5, 5.41) is 0. The van der Waals surface area contributed by atoms with Crippen molar-refractivity contribution in [2.75, 3.05) is 6.61 Å². The predicted molar refractivity (Wildman–Crippen MR) is 78.3 cm³/mol. The minimum Gasteiger partial charge on any atom is -0.373 e. The number of benzene rings is 1. The Morgan fingerprint density at radius 2 is 1.82 bits per heavy atom. The molecule has 1 saturated heterocycles. The molecule has 1 aromatic rings. The van der Waals surface area contributed by atoms with Gasteiger partial charge < -0.3 is 4.74 Å². The zero-order chi connectivity index (χ0) is 12.5. The molecule has 0 radical (unpaired) electrons. The van der Waals surface area contributed by atoms with Gasteiger partial charge in [0.25, 0.3) is 0 Å². The molecule has 1 aromatic carbocycles. The van der Waals surface area contributed by atoms with E-state index in [4.69, 9.17) is 4.74 Å². The Morgan fingerprint density at radius 3 is 2.29 bits per heavy atom. The number of ether oxygens (including phenoxy) is 1. The lowest BCUT2D eigenvalue weighted by Crippen LogP contribution is -2.42. The molecule has 1 fully saturated rings. The molecular weight excluding hydrogens is 244 g/mol. The van der Waals surface area contributed by atoms with E-state index in [-0.39, 0.29) is 0 Å². The van der Waals surface area contributed by atoms with Crippen LogP contribution in [0.2, 0.25) is 19.6 Å². The van der Waals surface area contributed by atoms with Gasteiger partial charge in [0.05, 0.1) is 20.8 Å². The van der Waals surface area contributed by atoms with E-state index in [0.717, 1.165) is 11.5 Å². The van der Waals surface area contributed by atoms with E-state index in [1.165, 1.54) is 4.90 Å². The highest BCUT2D eigenvalue weighted by Gasteiger charge is 2.41. The number of thioether (sulfide) groups is 1. The summed E-state index contributed by atoms with van der Waals surface area (Å²) >= 11 is 2.05. The minimum atomic E-state index is -1.17. The van der Waals surface area contributed by atoms with E-state index in [9.17, 15) is 0 Å². The fourth-order valence-electron chi connectivity index (χ4n) is 2.27. The summed E-state index contributed by atoms with van der Waals surface area (Å²) in [6.07, 6.45) is 0.517. The van der Waals surface area contributed by atoms with Crippen LogP contribution in [-0.2, 0) is 4.74 Å². The second kappa shape index (κ2) is 5.17. The third kappa shape index (κ3) is 3.60. The summed E-state index contributed by atoms with van der Waals surface area (Å²) in [5.74, 6) is 0.673. The molecule has 0 spiro atoms. The zero-order valence-electron chi connectivity index (χ0n) is 11.1. The monoisotopic (exact) mass is 266 g/mol. The van der Waals surface area contributed by atoms with Crippen LogP contribution in [0.1, 0.15) is 6.92 Å². The van der Waals surface area contributed by atoms with Crippen LogP contribution in [0.5, 0.6) is 0 Å². The first kappa shape index (κ1) is 13.2. The first-order valence-electron chi connectivity index (χ1n) is 6.32. The minimum absolute atomic E-state index is 0.517. The Labute approximate surface area is 110 Å². The van der Waals surface area contributed by atoms with Crippen molar-refractivity contribution in [2.45, 2.75) is 42.4 Å². The molecule has 1 nitrogen and oxygen atoms in total. The van der Waals surface area contributed by atoms with Gasteiger partial charge in [0.2, 0.25) is 0 Å². The third-order valence-electron chi connectivity index (χ3n) is 3.28. The fraction of sp³-hybridized carbons (Fsp3) is 0.571. The van der Waals surface area contributed by atoms with E-state index in [2.05, 4.69) is 68.7 Å². The van der Waals surface area contributed by atoms with Gasteiger partial charge in [-0.15, -0.1) is 11.8 Å². The maximum Gasteiger partial charge on any atom is 0.0843 e. The first-order valence-corrected chi connectivity index (χ1v) is 10.8. The number of hydrogen-bond donors (Lipinski definition) is 0. The van der Waals surface area contributed by atoms with Gasteiger partial charge in [0.15, 0.2) is 0 Å². The fourth-order valence-corrected chi connectivity index (χ4v) is 6.88. The maximum absolute atomic E-state index is 5.49. The molecule has 0 saturated carbocycles. The van der Waals surface area contributed by atoms with Crippen molar-refractivity contribution in [3.63, 3.8) is 0 Å². The largest absolute Gasteiger partial charge is 0.373 e. The molecule has 1 aliphatic heterocycles. The summed E-state index contributed by atoms with van der Waals surface area (Å²) in [6.45, 7) is 10.7. The number of rotatable bonds is 5. The van der Waals surface area contributed by atoms with Crippen LogP contribution >= 0.6 is 11.8 Å². The molecule has 94 valence electrons.